The Hall–Kier alpha value is -2.49. The SMILES string of the molecule is CCCc1cc2c(=O)n(C)c(=O)c3cc(CPCc4cc5c(=O)n(C)c(=O)c6cc(CC)sc6c5s4)sc3c2s1. The third kappa shape index (κ3) is 4.54. The fraction of sp³-hybridized carbons (Fsp3) is 0.310. The monoisotopic (exact) mass is 626 g/mol. The second-order valence-electron chi connectivity index (χ2n) is 9.87. The van der Waals surface area contributed by atoms with Crippen molar-refractivity contribution < 1.29 is 0 Å². The highest BCUT2D eigenvalue weighted by Gasteiger charge is 2.17. The van der Waals surface area contributed by atoms with Crippen molar-refractivity contribution in [2.75, 3.05) is 0 Å². The van der Waals surface area contributed by atoms with E-state index in [9.17, 15) is 19.2 Å². The Morgan fingerprint density at radius 3 is 1.32 bits per heavy atom. The van der Waals surface area contributed by atoms with E-state index in [0.717, 1.165) is 65.0 Å². The number of aromatic nitrogens is 2. The van der Waals surface area contributed by atoms with E-state index in [1.165, 1.54) is 14.0 Å². The summed E-state index contributed by atoms with van der Waals surface area (Å²) >= 11 is 6.46. The lowest BCUT2D eigenvalue weighted by molar-refractivity contribution is 0.845. The largest absolute Gasteiger partial charge is 0.277 e. The number of hydrogen-bond acceptors (Lipinski definition) is 8. The number of aryl methyl sites for hydroxylation is 2. The van der Waals surface area contributed by atoms with Gasteiger partial charge in [0.2, 0.25) is 0 Å². The summed E-state index contributed by atoms with van der Waals surface area (Å²) in [6, 6.07) is 7.81. The normalized spacial score (nSPS) is 12.3. The van der Waals surface area contributed by atoms with Crippen LogP contribution < -0.4 is 22.2 Å². The van der Waals surface area contributed by atoms with Gasteiger partial charge in [0.25, 0.3) is 22.2 Å². The van der Waals surface area contributed by atoms with Crippen LogP contribution in [0, 0.1) is 0 Å². The molecule has 0 aliphatic carbocycles. The highest BCUT2D eigenvalue weighted by molar-refractivity contribution is 7.38. The molecule has 0 saturated heterocycles. The minimum Gasteiger partial charge on any atom is -0.277 e. The molecule has 6 rings (SSSR count). The van der Waals surface area contributed by atoms with Gasteiger partial charge in [-0.25, -0.2) is 0 Å². The van der Waals surface area contributed by atoms with Gasteiger partial charge >= 0.3 is 0 Å². The highest BCUT2D eigenvalue weighted by Crippen LogP contribution is 2.39. The zero-order chi connectivity index (χ0) is 28.3. The third-order valence-corrected chi connectivity index (χ3v) is 14.0. The van der Waals surface area contributed by atoms with E-state index in [-0.39, 0.29) is 22.2 Å². The molecule has 0 aliphatic heterocycles. The van der Waals surface area contributed by atoms with Gasteiger partial charge in [0, 0.05) is 33.6 Å². The molecule has 6 heterocycles. The van der Waals surface area contributed by atoms with Crippen LogP contribution in [0.25, 0.3) is 40.3 Å². The maximum atomic E-state index is 13.1. The molecule has 1 atom stereocenters. The lowest BCUT2D eigenvalue weighted by Gasteiger charge is -1.97. The minimum absolute atomic E-state index is 0.232. The molecule has 6 aromatic heterocycles. The van der Waals surface area contributed by atoms with E-state index in [1.54, 1.807) is 59.4 Å². The van der Waals surface area contributed by atoms with Crippen LogP contribution in [0.1, 0.15) is 39.8 Å². The number of nitrogens with zero attached hydrogens (tertiary/aromatic N) is 2. The van der Waals surface area contributed by atoms with Crippen molar-refractivity contribution in [1.29, 1.82) is 0 Å². The molecule has 0 aliphatic rings. The van der Waals surface area contributed by atoms with Crippen LogP contribution in [-0.4, -0.2) is 9.13 Å². The van der Waals surface area contributed by atoms with Gasteiger partial charge in [-0.2, -0.15) is 0 Å². The molecule has 1 unspecified atom stereocenters. The lowest BCUT2D eigenvalue weighted by atomic mass is 10.2. The van der Waals surface area contributed by atoms with Crippen molar-refractivity contribution in [1.82, 2.24) is 9.13 Å². The topological polar surface area (TPSA) is 78.1 Å². The zero-order valence-electron chi connectivity index (χ0n) is 22.5. The molecule has 0 N–H and O–H groups in total. The maximum Gasteiger partial charge on any atom is 0.261 e. The Morgan fingerprint density at radius 1 is 0.575 bits per heavy atom. The summed E-state index contributed by atoms with van der Waals surface area (Å²) in [5, 5.41) is 2.47. The van der Waals surface area contributed by atoms with Crippen LogP contribution in [0.15, 0.2) is 43.4 Å². The van der Waals surface area contributed by atoms with Crippen LogP contribution in [0.4, 0.5) is 0 Å². The predicted molar refractivity (Wildman–Crippen MR) is 177 cm³/mol. The molecule has 0 fully saturated rings. The van der Waals surface area contributed by atoms with Gasteiger partial charge in [0.1, 0.15) is 0 Å². The van der Waals surface area contributed by atoms with E-state index < -0.39 is 0 Å². The van der Waals surface area contributed by atoms with Crippen LogP contribution in [0.5, 0.6) is 0 Å². The average Bonchev–Trinajstić information content (AvgIpc) is 3.73. The van der Waals surface area contributed by atoms with Gasteiger partial charge in [0.05, 0.1) is 40.3 Å². The molecule has 6 nitrogen and oxygen atoms in total. The molecule has 206 valence electrons. The average molecular weight is 627 g/mol. The molecule has 0 aromatic carbocycles. The number of fused-ring (bicyclic) bond motifs is 6. The van der Waals surface area contributed by atoms with Gasteiger partial charge in [-0.3, -0.25) is 28.3 Å². The second-order valence-corrected chi connectivity index (χ2v) is 15.6. The lowest BCUT2D eigenvalue weighted by Crippen LogP contribution is -2.26. The van der Waals surface area contributed by atoms with Crippen molar-refractivity contribution >= 4 is 94.3 Å². The third-order valence-electron chi connectivity index (χ3n) is 7.13. The smallest absolute Gasteiger partial charge is 0.261 e. The minimum atomic E-state index is -0.249. The van der Waals surface area contributed by atoms with Crippen molar-refractivity contribution in [2.45, 2.75) is 45.4 Å². The summed E-state index contributed by atoms with van der Waals surface area (Å²) < 4.78 is 6.10. The summed E-state index contributed by atoms with van der Waals surface area (Å²) in [5.74, 6) is 0. The summed E-state index contributed by atoms with van der Waals surface area (Å²) in [5.41, 5.74) is -0.966. The van der Waals surface area contributed by atoms with E-state index in [1.807, 2.05) is 24.3 Å². The molecule has 0 bridgehead atoms. The van der Waals surface area contributed by atoms with Crippen molar-refractivity contribution in [2.24, 2.45) is 14.1 Å². The van der Waals surface area contributed by atoms with E-state index >= 15 is 0 Å². The van der Waals surface area contributed by atoms with E-state index in [2.05, 4.69) is 13.8 Å². The summed E-state index contributed by atoms with van der Waals surface area (Å²) in [6.45, 7) is 4.20. The van der Waals surface area contributed by atoms with E-state index in [4.69, 9.17) is 0 Å². The Labute approximate surface area is 247 Å². The van der Waals surface area contributed by atoms with Crippen LogP contribution in [-0.2, 0) is 39.3 Å². The first-order valence-electron chi connectivity index (χ1n) is 13.1. The zero-order valence-corrected chi connectivity index (χ0v) is 26.8. The molecule has 0 spiro atoms. The van der Waals surface area contributed by atoms with Gasteiger partial charge in [0.15, 0.2) is 0 Å². The van der Waals surface area contributed by atoms with Crippen LogP contribution in [0.2, 0.25) is 0 Å². The Morgan fingerprint density at radius 2 is 0.925 bits per heavy atom. The molecule has 40 heavy (non-hydrogen) atoms. The van der Waals surface area contributed by atoms with E-state index in [0.29, 0.717) is 30.1 Å². The second kappa shape index (κ2) is 10.7. The molecule has 6 aromatic rings. The van der Waals surface area contributed by atoms with Crippen LogP contribution in [0.3, 0.4) is 0 Å². The predicted octanol–water partition coefficient (Wildman–Crippen LogP) is 6.56. The fourth-order valence-electron chi connectivity index (χ4n) is 5.01. The Kier molecular flexibility index (Phi) is 7.42. The standard InChI is InChI=1S/C29H27N2O4PS4/c1-5-7-15-9-19-23(38-15)25-21(29(35)31(4)27(19)33)11-17(40-25)13-36-12-16-10-20-24(39-16)22-18(8-14(6-2)37-22)26(32)30(3)28(20)34/h8-11,36H,5-7,12-13H2,1-4H3. The summed E-state index contributed by atoms with van der Waals surface area (Å²) in [7, 11) is 3.70. The first-order chi connectivity index (χ1) is 19.2. The van der Waals surface area contributed by atoms with Gasteiger partial charge in [-0.05, 0) is 49.4 Å². The molecular formula is C29H27N2O4PS4. The quantitative estimate of drug-likeness (QED) is 0.188. The summed E-state index contributed by atoms with van der Waals surface area (Å²) in [6.07, 6.45) is 4.42. The Bertz CT molecular complexity index is 2210. The molecule has 0 amide bonds. The number of rotatable bonds is 7. The highest BCUT2D eigenvalue weighted by atomic mass is 32.1. The van der Waals surface area contributed by atoms with Crippen molar-refractivity contribution in [3.63, 3.8) is 0 Å². The van der Waals surface area contributed by atoms with Crippen LogP contribution >= 0.6 is 53.9 Å². The molecule has 0 radical (unpaired) electrons. The fourth-order valence-corrected chi connectivity index (χ4v) is 11.6. The van der Waals surface area contributed by atoms with Crippen molar-refractivity contribution in [3.8, 4) is 0 Å². The van der Waals surface area contributed by atoms with Gasteiger partial charge in [-0.15, -0.1) is 53.9 Å². The van der Waals surface area contributed by atoms with Crippen molar-refractivity contribution in [3.05, 3.63) is 85.2 Å². The maximum absolute atomic E-state index is 13.1. The molecule has 0 saturated carbocycles. The van der Waals surface area contributed by atoms with Gasteiger partial charge in [-0.1, -0.05) is 20.3 Å². The summed E-state index contributed by atoms with van der Waals surface area (Å²) in [4.78, 5) is 56.7. The first-order valence-corrected chi connectivity index (χ1v) is 17.8. The molecular weight excluding hydrogens is 600 g/mol. The van der Waals surface area contributed by atoms with Gasteiger partial charge < -0.3 is 0 Å². The Balaban J connectivity index is 1.36. The first kappa shape index (κ1) is 27.7. The number of thiophene rings is 4. The molecule has 11 heteroatoms. The number of hydrogen-bond donors (Lipinski definition) is 0.